The summed E-state index contributed by atoms with van der Waals surface area (Å²) in [7, 11) is 0. The molecule has 0 bridgehead atoms. The van der Waals surface area contributed by atoms with Crippen molar-refractivity contribution in [3.63, 3.8) is 0 Å². The molecule has 0 aromatic carbocycles. The van der Waals surface area contributed by atoms with Crippen molar-refractivity contribution in [3.8, 4) is 0 Å². The minimum atomic E-state index is -0.870. The summed E-state index contributed by atoms with van der Waals surface area (Å²) in [5.74, 6) is -1.74. The number of hydrogen-bond donors (Lipinski definition) is 4. The van der Waals surface area contributed by atoms with Crippen molar-refractivity contribution < 1.29 is 19.8 Å². The van der Waals surface area contributed by atoms with Crippen molar-refractivity contribution in [1.82, 2.24) is 12.3 Å². The lowest BCUT2D eigenvalue weighted by Gasteiger charge is -2.05. The van der Waals surface area contributed by atoms with Crippen LogP contribution in [0.4, 0.5) is 0 Å². The molecule has 0 spiro atoms. The molecular formula is C12H28N2O4. The molecule has 18 heavy (non-hydrogen) atoms. The second kappa shape index (κ2) is 15.9. The normalized spacial score (nSPS) is 13.1. The van der Waals surface area contributed by atoms with Gasteiger partial charge in [-0.1, -0.05) is 38.5 Å². The number of aliphatic carboxylic acids is 2. The van der Waals surface area contributed by atoms with Gasteiger partial charge in [-0.05, 0) is 12.8 Å². The van der Waals surface area contributed by atoms with Gasteiger partial charge in [0.2, 0.25) is 0 Å². The van der Waals surface area contributed by atoms with Crippen LogP contribution < -0.4 is 12.3 Å². The Morgan fingerprint density at radius 1 is 0.667 bits per heavy atom. The van der Waals surface area contributed by atoms with Gasteiger partial charge in [-0.3, -0.25) is 9.59 Å². The quantitative estimate of drug-likeness (QED) is 0.560. The Morgan fingerprint density at radius 3 is 1.06 bits per heavy atom. The van der Waals surface area contributed by atoms with Crippen LogP contribution in [-0.2, 0) is 9.59 Å². The first-order valence-corrected chi connectivity index (χ1v) is 6.06. The van der Waals surface area contributed by atoms with Gasteiger partial charge in [0, 0.05) is 12.8 Å². The summed E-state index contributed by atoms with van der Waals surface area (Å²) in [6.07, 6.45) is 10.0. The van der Waals surface area contributed by atoms with E-state index in [2.05, 4.69) is 0 Å². The highest BCUT2D eigenvalue weighted by Crippen LogP contribution is 2.15. The third-order valence-corrected chi connectivity index (χ3v) is 2.53. The van der Waals surface area contributed by atoms with Crippen LogP contribution in [0.2, 0.25) is 0 Å². The second-order valence-corrected chi connectivity index (χ2v) is 4.12. The van der Waals surface area contributed by atoms with E-state index in [0.717, 1.165) is 0 Å². The standard InChI is InChI=1S/C6H10O4.C6H12.2H3N/c7-5(8)3-1-2-4-6(9)10;1-2-4-6-5-3-1;;/h1-4H2,(H,7,8)(H,9,10);1-6H2;2*1H3. The fourth-order valence-corrected chi connectivity index (χ4v) is 1.61. The average molecular weight is 264 g/mol. The average Bonchev–Trinajstić information content (AvgIpc) is 2.27. The zero-order valence-electron chi connectivity index (χ0n) is 11.2. The predicted molar refractivity (Wildman–Crippen MR) is 71.5 cm³/mol. The fourth-order valence-electron chi connectivity index (χ4n) is 1.61. The van der Waals surface area contributed by atoms with Crippen molar-refractivity contribution in [2.45, 2.75) is 64.2 Å². The smallest absolute Gasteiger partial charge is 0.303 e. The topological polar surface area (TPSA) is 145 Å². The van der Waals surface area contributed by atoms with Crippen molar-refractivity contribution in [1.29, 1.82) is 0 Å². The first-order chi connectivity index (χ1) is 7.63. The highest BCUT2D eigenvalue weighted by Gasteiger charge is 1.99. The summed E-state index contributed by atoms with van der Waals surface area (Å²) in [4.78, 5) is 19.8. The molecule has 0 heterocycles. The summed E-state index contributed by atoms with van der Waals surface area (Å²) in [5.41, 5.74) is 0. The number of rotatable bonds is 5. The van der Waals surface area contributed by atoms with E-state index in [-0.39, 0.29) is 25.1 Å². The van der Waals surface area contributed by atoms with E-state index in [1.165, 1.54) is 38.5 Å². The Hall–Kier alpha value is -1.14. The third-order valence-electron chi connectivity index (χ3n) is 2.53. The van der Waals surface area contributed by atoms with Gasteiger partial charge in [0.05, 0.1) is 0 Å². The van der Waals surface area contributed by atoms with Crippen LogP contribution in [0.25, 0.3) is 0 Å². The molecule has 110 valence electrons. The van der Waals surface area contributed by atoms with Crippen molar-refractivity contribution in [2.24, 2.45) is 0 Å². The lowest BCUT2D eigenvalue weighted by atomic mass is 10.0. The molecule has 0 unspecified atom stereocenters. The van der Waals surface area contributed by atoms with Crippen LogP contribution in [0.3, 0.4) is 0 Å². The molecule has 0 aromatic rings. The highest BCUT2D eigenvalue weighted by molar-refractivity contribution is 5.67. The van der Waals surface area contributed by atoms with E-state index in [0.29, 0.717) is 12.8 Å². The third kappa shape index (κ3) is 20.3. The molecule has 0 atom stereocenters. The van der Waals surface area contributed by atoms with Gasteiger partial charge in [-0.25, -0.2) is 0 Å². The van der Waals surface area contributed by atoms with Gasteiger partial charge >= 0.3 is 11.9 Å². The molecule has 0 radical (unpaired) electrons. The maximum atomic E-state index is 9.90. The van der Waals surface area contributed by atoms with E-state index in [9.17, 15) is 9.59 Å². The summed E-state index contributed by atoms with van der Waals surface area (Å²) in [6.45, 7) is 0. The van der Waals surface area contributed by atoms with Gasteiger partial charge in [0.1, 0.15) is 0 Å². The van der Waals surface area contributed by atoms with Crippen LogP contribution in [0, 0.1) is 0 Å². The number of carboxylic acids is 2. The van der Waals surface area contributed by atoms with Crippen molar-refractivity contribution >= 4 is 11.9 Å². The van der Waals surface area contributed by atoms with E-state index in [1.54, 1.807) is 0 Å². The van der Waals surface area contributed by atoms with Gasteiger partial charge < -0.3 is 22.5 Å². The first kappa shape index (κ1) is 22.1. The first-order valence-electron chi connectivity index (χ1n) is 6.06. The molecule has 1 saturated carbocycles. The van der Waals surface area contributed by atoms with Crippen LogP contribution in [0.15, 0.2) is 0 Å². The van der Waals surface area contributed by atoms with E-state index < -0.39 is 11.9 Å². The largest absolute Gasteiger partial charge is 0.481 e. The van der Waals surface area contributed by atoms with Gasteiger partial charge in [-0.2, -0.15) is 0 Å². The molecule has 0 aromatic heterocycles. The molecule has 0 aliphatic heterocycles. The lowest BCUT2D eigenvalue weighted by Crippen LogP contribution is -1.97. The minimum absolute atomic E-state index is 0. The van der Waals surface area contributed by atoms with Crippen LogP contribution in [-0.4, -0.2) is 22.2 Å². The summed E-state index contributed by atoms with van der Waals surface area (Å²) >= 11 is 0. The Morgan fingerprint density at radius 2 is 0.889 bits per heavy atom. The minimum Gasteiger partial charge on any atom is -0.481 e. The molecule has 6 nitrogen and oxygen atoms in total. The van der Waals surface area contributed by atoms with Crippen molar-refractivity contribution in [3.05, 3.63) is 0 Å². The van der Waals surface area contributed by atoms with E-state index in [4.69, 9.17) is 10.2 Å². The molecule has 0 amide bonds. The fraction of sp³-hybridized carbons (Fsp3) is 0.833. The number of unbranched alkanes of at least 4 members (excludes halogenated alkanes) is 1. The van der Waals surface area contributed by atoms with Crippen molar-refractivity contribution in [2.75, 3.05) is 0 Å². The number of carboxylic acid groups (broad SMARTS) is 2. The Bertz CT molecular complexity index is 179. The van der Waals surface area contributed by atoms with E-state index in [1.807, 2.05) is 0 Å². The van der Waals surface area contributed by atoms with Gasteiger partial charge in [0.15, 0.2) is 0 Å². The van der Waals surface area contributed by atoms with Crippen LogP contribution in [0.5, 0.6) is 0 Å². The number of carbonyl (C=O) groups is 2. The zero-order valence-corrected chi connectivity index (χ0v) is 11.2. The molecule has 8 N–H and O–H groups in total. The number of hydrogen-bond acceptors (Lipinski definition) is 4. The molecule has 1 fully saturated rings. The SMILES string of the molecule is C1CCCCC1.N.N.O=C(O)CCCCC(=O)O. The molecule has 6 heteroatoms. The molecule has 1 aliphatic rings. The maximum absolute atomic E-state index is 9.90. The Labute approximate surface area is 109 Å². The lowest BCUT2D eigenvalue weighted by molar-refractivity contribution is -0.139. The monoisotopic (exact) mass is 264 g/mol. The Kier molecular flexibility index (Phi) is 19.5. The second-order valence-electron chi connectivity index (χ2n) is 4.12. The summed E-state index contributed by atoms with van der Waals surface area (Å²) < 4.78 is 0. The molecule has 1 rings (SSSR count). The predicted octanol–water partition coefficient (Wildman–Crippen LogP) is 3.38. The van der Waals surface area contributed by atoms with Gasteiger partial charge in [0.25, 0.3) is 0 Å². The summed E-state index contributed by atoms with van der Waals surface area (Å²) in [6, 6.07) is 0. The molecule has 1 aliphatic carbocycles. The highest BCUT2D eigenvalue weighted by atomic mass is 16.4. The summed E-state index contributed by atoms with van der Waals surface area (Å²) in [5, 5.41) is 16.3. The molecular weight excluding hydrogens is 236 g/mol. The van der Waals surface area contributed by atoms with Crippen LogP contribution in [0.1, 0.15) is 64.2 Å². The van der Waals surface area contributed by atoms with Gasteiger partial charge in [-0.15, -0.1) is 0 Å². The molecule has 0 saturated heterocycles. The Balaban J connectivity index is -0.000000244. The van der Waals surface area contributed by atoms with E-state index >= 15 is 0 Å². The van der Waals surface area contributed by atoms with Crippen LogP contribution >= 0.6 is 0 Å². The zero-order chi connectivity index (χ0) is 12.2. The maximum Gasteiger partial charge on any atom is 0.303 e.